The summed E-state index contributed by atoms with van der Waals surface area (Å²) in [6, 6.07) is 13.1. The van der Waals surface area contributed by atoms with E-state index in [0.717, 1.165) is 5.56 Å². The van der Waals surface area contributed by atoms with Gasteiger partial charge in [-0.3, -0.25) is 10.1 Å². The van der Waals surface area contributed by atoms with E-state index in [2.05, 4.69) is 5.32 Å². The largest absolute Gasteiger partial charge is 0.312 e. The first-order valence-electron chi connectivity index (χ1n) is 6.34. The SMILES string of the molecule is O=[N+]([O-])c1ccc(CNCCc2ccccc2F)cc1. The Labute approximate surface area is 116 Å². The van der Waals surface area contributed by atoms with Crippen LogP contribution >= 0.6 is 0 Å². The van der Waals surface area contributed by atoms with Crippen LogP contribution in [0.3, 0.4) is 0 Å². The smallest absolute Gasteiger partial charge is 0.269 e. The van der Waals surface area contributed by atoms with Crippen LogP contribution in [-0.4, -0.2) is 11.5 Å². The zero-order valence-corrected chi connectivity index (χ0v) is 10.9. The fourth-order valence-electron chi connectivity index (χ4n) is 1.89. The van der Waals surface area contributed by atoms with Crippen LogP contribution < -0.4 is 5.32 Å². The normalized spacial score (nSPS) is 10.4. The molecule has 2 rings (SSSR count). The number of nitrogens with zero attached hydrogens (tertiary/aromatic N) is 1. The maximum absolute atomic E-state index is 13.4. The Hall–Kier alpha value is -2.27. The molecule has 0 unspecified atom stereocenters. The van der Waals surface area contributed by atoms with Crippen LogP contribution in [0.15, 0.2) is 48.5 Å². The third-order valence-corrected chi connectivity index (χ3v) is 3.01. The van der Waals surface area contributed by atoms with Crippen molar-refractivity contribution in [2.75, 3.05) is 6.54 Å². The second-order valence-corrected chi connectivity index (χ2v) is 4.44. The molecule has 0 saturated heterocycles. The molecule has 0 saturated carbocycles. The van der Waals surface area contributed by atoms with Gasteiger partial charge in [-0.15, -0.1) is 0 Å². The van der Waals surface area contributed by atoms with Crippen LogP contribution in [0.1, 0.15) is 11.1 Å². The van der Waals surface area contributed by atoms with Crippen molar-refractivity contribution in [1.29, 1.82) is 0 Å². The van der Waals surface area contributed by atoms with Crippen molar-refractivity contribution in [3.8, 4) is 0 Å². The Balaban J connectivity index is 1.79. The molecule has 0 bridgehead atoms. The predicted octanol–water partition coefficient (Wildman–Crippen LogP) is 3.07. The molecule has 0 aromatic heterocycles. The standard InChI is InChI=1S/C15H15FN2O2/c16-15-4-2-1-3-13(15)9-10-17-11-12-5-7-14(8-6-12)18(19)20/h1-8,17H,9-11H2. The number of halogens is 1. The van der Waals surface area contributed by atoms with Crippen LogP contribution in [0.2, 0.25) is 0 Å². The highest BCUT2D eigenvalue weighted by Crippen LogP contribution is 2.11. The molecule has 2 aromatic carbocycles. The summed E-state index contributed by atoms with van der Waals surface area (Å²) in [7, 11) is 0. The third-order valence-electron chi connectivity index (χ3n) is 3.01. The van der Waals surface area contributed by atoms with E-state index in [-0.39, 0.29) is 11.5 Å². The summed E-state index contributed by atoms with van der Waals surface area (Å²) < 4.78 is 13.4. The van der Waals surface area contributed by atoms with Crippen molar-refractivity contribution < 1.29 is 9.31 Å². The van der Waals surface area contributed by atoms with Gasteiger partial charge < -0.3 is 5.32 Å². The number of rotatable bonds is 6. The van der Waals surface area contributed by atoms with Crippen molar-refractivity contribution in [3.63, 3.8) is 0 Å². The topological polar surface area (TPSA) is 55.2 Å². The summed E-state index contributed by atoms with van der Waals surface area (Å²) in [5.74, 6) is -0.190. The minimum Gasteiger partial charge on any atom is -0.312 e. The first-order valence-corrected chi connectivity index (χ1v) is 6.34. The van der Waals surface area contributed by atoms with Gasteiger partial charge in [0, 0.05) is 18.7 Å². The molecule has 0 spiro atoms. The van der Waals surface area contributed by atoms with Gasteiger partial charge in [-0.2, -0.15) is 0 Å². The predicted molar refractivity (Wildman–Crippen MR) is 74.9 cm³/mol. The summed E-state index contributed by atoms with van der Waals surface area (Å²) in [6.07, 6.45) is 0.611. The summed E-state index contributed by atoms with van der Waals surface area (Å²) in [6.45, 7) is 1.25. The summed E-state index contributed by atoms with van der Waals surface area (Å²) >= 11 is 0. The van der Waals surface area contributed by atoms with Crippen molar-refractivity contribution >= 4 is 5.69 Å². The minimum atomic E-state index is -0.421. The molecule has 0 heterocycles. The monoisotopic (exact) mass is 274 g/mol. The highest BCUT2D eigenvalue weighted by molar-refractivity contribution is 5.32. The van der Waals surface area contributed by atoms with E-state index in [1.165, 1.54) is 18.2 Å². The maximum Gasteiger partial charge on any atom is 0.269 e. The molecule has 0 atom stereocenters. The lowest BCUT2D eigenvalue weighted by Crippen LogP contribution is -2.17. The van der Waals surface area contributed by atoms with Gasteiger partial charge in [-0.1, -0.05) is 30.3 Å². The molecule has 0 aliphatic rings. The van der Waals surface area contributed by atoms with Crippen LogP contribution in [0.25, 0.3) is 0 Å². The van der Waals surface area contributed by atoms with Crippen LogP contribution in [0.4, 0.5) is 10.1 Å². The fraction of sp³-hybridized carbons (Fsp3) is 0.200. The lowest BCUT2D eigenvalue weighted by Gasteiger charge is -2.06. The van der Waals surface area contributed by atoms with Crippen molar-refractivity contribution in [3.05, 3.63) is 75.6 Å². The highest BCUT2D eigenvalue weighted by atomic mass is 19.1. The quantitative estimate of drug-likeness (QED) is 0.500. The fourth-order valence-corrected chi connectivity index (χ4v) is 1.89. The van der Waals surface area contributed by atoms with Gasteiger partial charge in [-0.05, 0) is 30.2 Å². The van der Waals surface area contributed by atoms with Gasteiger partial charge in [0.15, 0.2) is 0 Å². The minimum absolute atomic E-state index is 0.0834. The lowest BCUT2D eigenvalue weighted by atomic mass is 10.1. The summed E-state index contributed by atoms with van der Waals surface area (Å²) in [5.41, 5.74) is 1.73. The molecule has 1 N–H and O–H groups in total. The third kappa shape index (κ3) is 3.86. The van der Waals surface area contributed by atoms with Gasteiger partial charge in [0.2, 0.25) is 0 Å². The average molecular weight is 274 g/mol. The zero-order valence-electron chi connectivity index (χ0n) is 10.9. The van der Waals surface area contributed by atoms with Crippen molar-refractivity contribution in [2.45, 2.75) is 13.0 Å². The molecular weight excluding hydrogens is 259 g/mol. The number of benzene rings is 2. The van der Waals surface area contributed by atoms with Gasteiger partial charge >= 0.3 is 0 Å². The summed E-state index contributed by atoms with van der Waals surface area (Å²) in [5, 5.41) is 13.7. The molecule has 0 fully saturated rings. The molecule has 104 valence electrons. The number of nitro groups is 1. The van der Waals surface area contributed by atoms with Gasteiger partial charge in [0.05, 0.1) is 4.92 Å². The molecule has 4 nitrogen and oxygen atoms in total. The van der Waals surface area contributed by atoms with E-state index in [1.807, 2.05) is 6.07 Å². The van der Waals surface area contributed by atoms with Crippen LogP contribution in [-0.2, 0) is 13.0 Å². The number of hydrogen-bond donors (Lipinski definition) is 1. The second-order valence-electron chi connectivity index (χ2n) is 4.44. The molecule has 2 aromatic rings. The Morgan fingerprint density at radius 1 is 1.10 bits per heavy atom. The summed E-state index contributed by atoms with van der Waals surface area (Å²) in [4.78, 5) is 10.1. The van der Waals surface area contributed by atoms with E-state index in [1.54, 1.807) is 24.3 Å². The van der Waals surface area contributed by atoms with Crippen LogP contribution in [0.5, 0.6) is 0 Å². The Morgan fingerprint density at radius 2 is 1.80 bits per heavy atom. The van der Waals surface area contributed by atoms with Gasteiger partial charge in [-0.25, -0.2) is 4.39 Å². The Bertz CT molecular complexity index is 585. The Morgan fingerprint density at radius 3 is 2.45 bits per heavy atom. The molecule has 0 radical (unpaired) electrons. The van der Waals surface area contributed by atoms with E-state index < -0.39 is 4.92 Å². The van der Waals surface area contributed by atoms with E-state index in [4.69, 9.17) is 0 Å². The lowest BCUT2D eigenvalue weighted by molar-refractivity contribution is -0.384. The molecule has 5 heteroatoms. The van der Waals surface area contributed by atoms with E-state index in [9.17, 15) is 14.5 Å². The van der Waals surface area contributed by atoms with Crippen molar-refractivity contribution in [2.24, 2.45) is 0 Å². The molecule has 0 aliphatic heterocycles. The number of non-ortho nitro benzene ring substituents is 1. The van der Waals surface area contributed by atoms with Crippen LogP contribution in [0, 0.1) is 15.9 Å². The first-order chi connectivity index (χ1) is 9.66. The number of nitrogens with one attached hydrogen (secondary N) is 1. The molecule has 0 amide bonds. The van der Waals surface area contributed by atoms with Gasteiger partial charge in [0.1, 0.15) is 5.82 Å². The van der Waals surface area contributed by atoms with E-state index >= 15 is 0 Å². The number of hydrogen-bond acceptors (Lipinski definition) is 3. The average Bonchev–Trinajstić information content (AvgIpc) is 2.46. The number of nitro benzene ring substituents is 1. The molecule has 0 aliphatic carbocycles. The second kappa shape index (κ2) is 6.77. The zero-order chi connectivity index (χ0) is 14.4. The van der Waals surface area contributed by atoms with Gasteiger partial charge in [0.25, 0.3) is 5.69 Å². The Kier molecular flexibility index (Phi) is 4.79. The highest BCUT2D eigenvalue weighted by Gasteiger charge is 2.04. The molecule has 20 heavy (non-hydrogen) atoms. The maximum atomic E-state index is 13.4. The van der Waals surface area contributed by atoms with E-state index in [0.29, 0.717) is 25.1 Å². The molecular formula is C15H15FN2O2. The first kappa shape index (κ1) is 14.1. The van der Waals surface area contributed by atoms with Crippen molar-refractivity contribution in [1.82, 2.24) is 5.32 Å².